The second-order valence-corrected chi connectivity index (χ2v) is 10.9. The molecule has 1 aromatic heterocycles. The maximum Gasteiger partial charge on any atom is 0.320 e. The largest absolute Gasteiger partial charge is 0.488 e. The van der Waals surface area contributed by atoms with Gasteiger partial charge in [0.25, 0.3) is 0 Å². The van der Waals surface area contributed by atoms with Gasteiger partial charge in [-0.15, -0.1) is 0 Å². The molecule has 0 fully saturated rings. The van der Waals surface area contributed by atoms with Gasteiger partial charge in [0.15, 0.2) is 17.6 Å². The van der Waals surface area contributed by atoms with Crippen molar-refractivity contribution in [2.45, 2.75) is 45.2 Å². The predicted octanol–water partition coefficient (Wildman–Crippen LogP) is 5.48. The number of aliphatic carboxylic acids is 1. The topological polar surface area (TPSA) is 149 Å². The molecule has 1 aliphatic rings. The summed E-state index contributed by atoms with van der Waals surface area (Å²) in [6, 6.07) is 19.9. The number of fused-ring (bicyclic) bond motifs is 1. The van der Waals surface area contributed by atoms with Crippen LogP contribution in [-0.4, -0.2) is 35.3 Å². The van der Waals surface area contributed by atoms with Crippen LogP contribution in [0, 0.1) is 18.3 Å². The van der Waals surface area contributed by atoms with Gasteiger partial charge in [-0.2, -0.15) is 5.26 Å². The fourth-order valence-electron chi connectivity index (χ4n) is 5.00. The smallest absolute Gasteiger partial charge is 0.320 e. The molecule has 232 valence electrons. The zero-order valence-electron chi connectivity index (χ0n) is 24.7. The first kappa shape index (κ1) is 31.6. The fourth-order valence-corrected chi connectivity index (χ4v) is 5.24. The van der Waals surface area contributed by atoms with Crippen LogP contribution < -0.4 is 30.0 Å². The Kier molecular flexibility index (Phi) is 10.4. The van der Waals surface area contributed by atoms with Crippen molar-refractivity contribution in [3.8, 4) is 29.1 Å². The number of ether oxygens (including phenoxy) is 4. The van der Waals surface area contributed by atoms with Gasteiger partial charge < -0.3 is 35.1 Å². The molecule has 0 spiro atoms. The second-order valence-electron chi connectivity index (χ2n) is 10.5. The standard InChI is InChI=1S/C34H33ClN4O6/c1-21-24(5-4-6-26(21)33-20-44-29-7-2-3-8-30(29)45-33)19-43-32-13-31(42-18-23-11-22(14-37)15-38-16-23)25(12-27(32)35)17-39-28(9-10-36)34(40)41/h2-8,11-13,15-16,28,33,39H,9-10,17-20,36H2,1H3,(H,40,41). The molecule has 2 heterocycles. The Morgan fingerprint density at radius 3 is 2.69 bits per heavy atom. The number of carbonyl (C=O) groups is 1. The Labute approximate surface area is 266 Å². The summed E-state index contributed by atoms with van der Waals surface area (Å²) in [4.78, 5) is 15.8. The SMILES string of the molecule is Cc1c(COc2cc(OCc3cncc(C#N)c3)c(CNC(CCN)C(=O)O)cc2Cl)cccc1C1COc2ccccc2O1. The molecule has 0 amide bonds. The molecule has 1 aliphatic heterocycles. The maximum absolute atomic E-state index is 11.7. The van der Waals surface area contributed by atoms with E-state index in [0.717, 1.165) is 22.4 Å². The average Bonchev–Trinajstić information content (AvgIpc) is 3.05. The third-order valence-corrected chi connectivity index (χ3v) is 7.75. The van der Waals surface area contributed by atoms with Gasteiger partial charge in [-0.05, 0) is 60.8 Å². The first-order chi connectivity index (χ1) is 21.9. The Hall–Kier alpha value is -4.82. The van der Waals surface area contributed by atoms with Crippen LogP contribution in [-0.2, 0) is 24.6 Å². The lowest BCUT2D eigenvalue weighted by Crippen LogP contribution is -2.37. The maximum atomic E-state index is 11.7. The lowest BCUT2D eigenvalue weighted by Gasteiger charge is -2.28. The Morgan fingerprint density at radius 2 is 1.91 bits per heavy atom. The van der Waals surface area contributed by atoms with E-state index in [2.05, 4.69) is 16.4 Å². The van der Waals surface area contributed by atoms with Crippen molar-refractivity contribution in [2.24, 2.45) is 5.73 Å². The van der Waals surface area contributed by atoms with Gasteiger partial charge >= 0.3 is 5.97 Å². The number of nitrogens with two attached hydrogens (primary N) is 1. The molecule has 0 saturated heterocycles. The average molecular weight is 629 g/mol. The highest BCUT2D eigenvalue weighted by Gasteiger charge is 2.25. The van der Waals surface area contributed by atoms with E-state index < -0.39 is 12.0 Å². The Balaban J connectivity index is 1.35. The summed E-state index contributed by atoms with van der Waals surface area (Å²) in [5.41, 5.74) is 10.3. The number of carboxylic acids is 1. The number of nitrogens with zero attached hydrogens (tertiary/aromatic N) is 2. The molecule has 4 aromatic rings. The number of halogens is 1. The molecule has 2 unspecified atom stereocenters. The highest BCUT2D eigenvalue weighted by molar-refractivity contribution is 6.32. The number of benzene rings is 3. The summed E-state index contributed by atoms with van der Waals surface area (Å²) in [6.07, 6.45) is 3.08. The minimum atomic E-state index is -1.000. The summed E-state index contributed by atoms with van der Waals surface area (Å²) in [7, 11) is 0. The normalized spacial score (nSPS) is 14.3. The van der Waals surface area contributed by atoms with Crippen molar-refractivity contribution in [2.75, 3.05) is 13.2 Å². The van der Waals surface area contributed by atoms with Crippen molar-refractivity contribution < 1.29 is 28.8 Å². The van der Waals surface area contributed by atoms with Crippen LogP contribution in [0.3, 0.4) is 0 Å². The van der Waals surface area contributed by atoms with Gasteiger partial charge in [-0.3, -0.25) is 9.78 Å². The van der Waals surface area contributed by atoms with Crippen LogP contribution >= 0.6 is 11.6 Å². The molecule has 0 radical (unpaired) electrons. The van der Waals surface area contributed by atoms with Crippen LogP contribution in [0.1, 0.15) is 45.9 Å². The molecule has 45 heavy (non-hydrogen) atoms. The van der Waals surface area contributed by atoms with Crippen LogP contribution in [0.5, 0.6) is 23.0 Å². The quantitative estimate of drug-likeness (QED) is 0.174. The first-order valence-electron chi connectivity index (χ1n) is 14.4. The van der Waals surface area contributed by atoms with Crippen LogP contribution in [0.2, 0.25) is 5.02 Å². The van der Waals surface area contributed by atoms with Crippen molar-refractivity contribution in [3.63, 3.8) is 0 Å². The van der Waals surface area contributed by atoms with E-state index in [1.165, 1.54) is 6.20 Å². The van der Waals surface area contributed by atoms with Gasteiger partial charge in [0.05, 0.1) is 10.6 Å². The molecular formula is C34H33ClN4O6. The number of pyridine rings is 1. The van der Waals surface area contributed by atoms with Crippen molar-refractivity contribution in [1.82, 2.24) is 10.3 Å². The van der Waals surface area contributed by atoms with Crippen LogP contribution in [0.25, 0.3) is 0 Å². The first-order valence-corrected chi connectivity index (χ1v) is 14.8. The highest BCUT2D eigenvalue weighted by Crippen LogP contribution is 2.38. The summed E-state index contributed by atoms with van der Waals surface area (Å²) in [6.45, 7) is 3.15. The van der Waals surface area contributed by atoms with Gasteiger partial charge in [0.1, 0.15) is 43.4 Å². The van der Waals surface area contributed by atoms with E-state index in [-0.39, 0.29) is 38.8 Å². The predicted molar refractivity (Wildman–Crippen MR) is 167 cm³/mol. The van der Waals surface area contributed by atoms with Gasteiger partial charge in [0.2, 0.25) is 0 Å². The number of hydrogen-bond donors (Lipinski definition) is 3. The summed E-state index contributed by atoms with van der Waals surface area (Å²) in [5, 5.41) is 22.1. The molecular weight excluding hydrogens is 596 g/mol. The molecule has 0 saturated carbocycles. The zero-order chi connectivity index (χ0) is 31.8. The second kappa shape index (κ2) is 14.8. The third kappa shape index (κ3) is 7.83. The number of para-hydroxylation sites is 2. The minimum absolute atomic E-state index is 0.121. The molecule has 10 nitrogen and oxygen atoms in total. The number of rotatable bonds is 13. The molecule has 5 rings (SSSR count). The van der Waals surface area contributed by atoms with E-state index in [1.807, 2.05) is 49.4 Å². The molecule has 11 heteroatoms. The van der Waals surface area contributed by atoms with E-state index in [1.54, 1.807) is 24.4 Å². The lowest BCUT2D eigenvalue weighted by atomic mass is 9.98. The Bertz CT molecular complexity index is 1710. The van der Waals surface area contributed by atoms with E-state index >= 15 is 0 Å². The summed E-state index contributed by atoms with van der Waals surface area (Å²) in [5.74, 6) is 1.27. The number of hydrogen-bond acceptors (Lipinski definition) is 9. The summed E-state index contributed by atoms with van der Waals surface area (Å²) >= 11 is 6.68. The van der Waals surface area contributed by atoms with E-state index in [4.69, 9.17) is 36.3 Å². The molecule has 0 bridgehead atoms. The molecule has 0 aliphatic carbocycles. The van der Waals surface area contributed by atoms with Gasteiger partial charge in [-0.25, -0.2) is 0 Å². The molecule has 3 aromatic carbocycles. The zero-order valence-corrected chi connectivity index (χ0v) is 25.4. The van der Waals surface area contributed by atoms with Crippen LogP contribution in [0.15, 0.2) is 73.1 Å². The lowest BCUT2D eigenvalue weighted by molar-refractivity contribution is -0.139. The third-order valence-electron chi connectivity index (χ3n) is 7.45. The van der Waals surface area contributed by atoms with Gasteiger partial charge in [-0.1, -0.05) is 41.9 Å². The number of nitriles is 1. The highest BCUT2D eigenvalue weighted by atomic mass is 35.5. The number of nitrogens with one attached hydrogen (secondary N) is 1. The number of carboxylic acid groups (broad SMARTS) is 1. The van der Waals surface area contributed by atoms with Crippen molar-refractivity contribution in [3.05, 3.63) is 111 Å². The molecule has 2 atom stereocenters. The number of aromatic nitrogens is 1. The van der Waals surface area contributed by atoms with Crippen molar-refractivity contribution in [1.29, 1.82) is 5.26 Å². The fraction of sp³-hybridized carbons (Fsp3) is 0.265. The van der Waals surface area contributed by atoms with Gasteiger partial charge in [0, 0.05) is 36.1 Å². The van der Waals surface area contributed by atoms with E-state index in [0.29, 0.717) is 45.6 Å². The van der Waals surface area contributed by atoms with Crippen molar-refractivity contribution >= 4 is 17.6 Å². The molecule has 4 N–H and O–H groups in total. The summed E-state index contributed by atoms with van der Waals surface area (Å²) < 4.78 is 24.5. The van der Waals surface area contributed by atoms with E-state index in [9.17, 15) is 15.2 Å². The minimum Gasteiger partial charge on any atom is -0.488 e. The monoisotopic (exact) mass is 628 g/mol. The Morgan fingerprint density at radius 1 is 1.11 bits per heavy atom. The van der Waals surface area contributed by atoms with Crippen LogP contribution in [0.4, 0.5) is 0 Å².